The predicted molar refractivity (Wildman–Crippen MR) is 122 cm³/mol. The maximum absolute atomic E-state index is 6.01. The minimum atomic E-state index is 0.403. The predicted octanol–water partition coefficient (Wildman–Crippen LogP) is 3.32. The monoisotopic (exact) mass is 420 g/mol. The van der Waals surface area contributed by atoms with Gasteiger partial charge in [0.1, 0.15) is 12.4 Å². The fourth-order valence-electron chi connectivity index (χ4n) is 2.98. The van der Waals surface area contributed by atoms with Crippen LogP contribution in [0.25, 0.3) is 0 Å². The molecule has 0 spiro atoms. The van der Waals surface area contributed by atoms with Gasteiger partial charge < -0.3 is 25.3 Å². The number of nitrogens with zero attached hydrogens (tertiary/aromatic N) is 2. The van der Waals surface area contributed by atoms with Gasteiger partial charge in [0.2, 0.25) is 0 Å². The lowest BCUT2D eigenvalue weighted by atomic mass is 10.1. The van der Waals surface area contributed by atoms with Crippen LogP contribution in [0.1, 0.15) is 16.8 Å². The molecular weight excluding hydrogens is 392 g/mol. The summed E-state index contributed by atoms with van der Waals surface area (Å²) in [5.41, 5.74) is 9.04. The summed E-state index contributed by atoms with van der Waals surface area (Å²) in [5.74, 6) is 2.61. The summed E-state index contributed by atoms with van der Waals surface area (Å²) in [7, 11) is 3.25. The van der Waals surface area contributed by atoms with E-state index in [1.807, 2.05) is 60.7 Å². The number of hydrogen-bond donors (Lipinski definition) is 2. The number of nitrogens with one attached hydrogen (secondary N) is 1. The van der Waals surface area contributed by atoms with Crippen LogP contribution in [-0.2, 0) is 19.6 Å². The topological polar surface area (TPSA) is 91.0 Å². The zero-order valence-corrected chi connectivity index (χ0v) is 17.9. The van der Waals surface area contributed by atoms with Gasteiger partial charge in [0, 0.05) is 12.7 Å². The standard InChI is InChI=1S/C24H28N4O3/c1-29-22-10-9-18(15-23(22)30-2)11-13-27-24(25)28-16-19-6-5-8-21(14-19)31-17-20-7-3-4-12-26-20/h3-10,12,14-15H,11,13,16-17H2,1-2H3,(H3,25,27,28). The number of benzene rings is 2. The van der Waals surface area contributed by atoms with Gasteiger partial charge in [-0.15, -0.1) is 0 Å². The van der Waals surface area contributed by atoms with Crippen LogP contribution in [0.5, 0.6) is 17.2 Å². The van der Waals surface area contributed by atoms with Crippen molar-refractivity contribution < 1.29 is 14.2 Å². The summed E-state index contributed by atoms with van der Waals surface area (Å²) in [5, 5.41) is 3.14. The maximum atomic E-state index is 6.01. The third kappa shape index (κ3) is 6.92. The highest BCUT2D eigenvalue weighted by Crippen LogP contribution is 2.27. The lowest BCUT2D eigenvalue weighted by molar-refractivity contribution is 0.301. The van der Waals surface area contributed by atoms with Crippen LogP contribution in [-0.4, -0.2) is 31.7 Å². The van der Waals surface area contributed by atoms with Gasteiger partial charge in [-0.25, -0.2) is 4.99 Å². The van der Waals surface area contributed by atoms with E-state index in [0.29, 0.717) is 37.2 Å². The lowest BCUT2D eigenvalue weighted by Crippen LogP contribution is -2.33. The summed E-state index contributed by atoms with van der Waals surface area (Å²) < 4.78 is 16.4. The summed E-state index contributed by atoms with van der Waals surface area (Å²) in [6.45, 7) is 1.56. The van der Waals surface area contributed by atoms with Crippen LogP contribution in [0.2, 0.25) is 0 Å². The van der Waals surface area contributed by atoms with Crippen LogP contribution in [0, 0.1) is 0 Å². The highest BCUT2D eigenvalue weighted by atomic mass is 16.5. The smallest absolute Gasteiger partial charge is 0.188 e. The molecule has 0 aliphatic rings. The number of aliphatic imine (C=N–C) groups is 1. The molecule has 1 aromatic heterocycles. The molecule has 3 rings (SSSR count). The molecule has 1 heterocycles. The third-order valence-electron chi connectivity index (χ3n) is 4.61. The van der Waals surface area contributed by atoms with Crippen molar-refractivity contribution in [3.8, 4) is 17.2 Å². The molecule has 3 aromatic rings. The Kier molecular flexibility index (Phi) is 8.11. The van der Waals surface area contributed by atoms with Gasteiger partial charge in [0.05, 0.1) is 26.5 Å². The van der Waals surface area contributed by atoms with Crippen molar-refractivity contribution in [3.05, 3.63) is 83.7 Å². The second kappa shape index (κ2) is 11.4. The molecule has 0 amide bonds. The maximum Gasteiger partial charge on any atom is 0.188 e. The van der Waals surface area contributed by atoms with Crippen LogP contribution < -0.4 is 25.3 Å². The molecule has 3 N–H and O–H groups in total. The normalized spacial score (nSPS) is 11.1. The minimum absolute atomic E-state index is 0.403. The molecule has 0 fully saturated rings. The van der Waals surface area contributed by atoms with Crippen LogP contribution in [0.4, 0.5) is 0 Å². The molecule has 0 bridgehead atoms. The first kappa shape index (κ1) is 22.0. The summed E-state index contributed by atoms with van der Waals surface area (Å²) in [6, 6.07) is 19.4. The second-order valence-electron chi connectivity index (χ2n) is 6.82. The first-order valence-electron chi connectivity index (χ1n) is 10.0. The Balaban J connectivity index is 1.47. The number of nitrogens with two attached hydrogens (primary N) is 1. The Morgan fingerprint density at radius 1 is 0.968 bits per heavy atom. The molecule has 0 unspecified atom stereocenters. The Hall–Kier alpha value is -3.74. The highest BCUT2D eigenvalue weighted by Gasteiger charge is 2.05. The zero-order valence-electron chi connectivity index (χ0n) is 17.9. The van der Waals surface area contributed by atoms with E-state index in [1.54, 1.807) is 20.4 Å². The van der Waals surface area contributed by atoms with Crippen LogP contribution in [0.15, 0.2) is 71.9 Å². The van der Waals surface area contributed by atoms with E-state index < -0.39 is 0 Å². The van der Waals surface area contributed by atoms with Gasteiger partial charge in [-0.1, -0.05) is 24.3 Å². The van der Waals surface area contributed by atoms with Crippen molar-refractivity contribution in [1.29, 1.82) is 0 Å². The van der Waals surface area contributed by atoms with Crippen molar-refractivity contribution in [1.82, 2.24) is 10.3 Å². The van der Waals surface area contributed by atoms with Gasteiger partial charge in [-0.2, -0.15) is 0 Å². The summed E-state index contributed by atoms with van der Waals surface area (Å²) in [4.78, 5) is 8.68. The Morgan fingerprint density at radius 2 is 1.84 bits per heavy atom. The molecular formula is C24H28N4O3. The van der Waals surface area contributed by atoms with E-state index >= 15 is 0 Å². The van der Waals surface area contributed by atoms with Gasteiger partial charge >= 0.3 is 0 Å². The first-order chi connectivity index (χ1) is 15.2. The Bertz CT molecular complexity index is 993. The average molecular weight is 421 g/mol. The number of hydrogen-bond acceptors (Lipinski definition) is 5. The van der Waals surface area contributed by atoms with Gasteiger partial charge in [-0.05, 0) is 53.9 Å². The van der Waals surface area contributed by atoms with Crippen LogP contribution in [0.3, 0.4) is 0 Å². The number of pyridine rings is 1. The molecule has 0 aliphatic carbocycles. The quantitative estimate of drug-likeness (QED) is 0.386. The zero-order chi connectivity index (χ0) is 21.9. The van der Waals surface area contributed by atoms with Gasteiger partial charge in [0.15, 0.2) is 17.5 Å². The molecule has 0 saturated carbocycles. The van der Waals surface area contributed by atoms with Crippen molar-refractivity contribution in [2.75, 3.05) is 20.8 Å². The number of rotatable bonds is 10. The highest BCUT2D eigenvalue weighted by molar-refractivity contribution is 5.77. The molecule has 0 radical (unpaired) electrons. The Labute approximate surface area is 182 Å². The molecule has 31 heavy (non-hydrogen) atoms. The van der Waals surface area contributed by atoms with E-state index in [0.717, 1.165) is 29.0 Å². The van der Waals surface area contributed by atoms with E-state index in [-0.39, 0.29) is 0 Å². The van der Waals surface area contributed by atoms with Crippen molar-refractivity contribution in [2.24, 2.45) is 10.7 Å². The summed E-state index contributed by atoms with van der Waals surface area (Å²) >= 11 is 0. The van der Waals surface area contributed by atoms with E-state index in [1.165, 1.54) is 0 Å². The molecule has 7 heteroatoms. The van der Waals surface area contributed by atoms with Gasteiger partial charge in [0.25, 0.3) is 0 Å². The second-order valence-corrected chi connectivity index (χ2v) is 6.82. The number of methoxy groups -OCH3 is 2. The largest absolute Gasteiger partial charge is 0.493 e. The molecule has 0 saturated heterocycles. The van der Waals surface area contributed by atoms with Crippen molar-refractivity contribution >= 4 is 5.96 Å². The minimum Gasteiger partial charge on any atom is -0.493 e. The SMILES string of the molecule is COc1ccc(CCNC(N)=NCc2cccc(OCc3ccccn3)c2)cc1OC. The molecule has 0 aliphatic heterocycles. The number of aromatic nitrogens is 1. The fourth-order valence-corrected chi connectivity index (χ4v) is 2.98. The molecule has 0 atom stereocenters. The Morgan fingerprint density at radius 3 is 2.61 bits per heavy atom. The third-order valence-corrected chi connectivity index (χ3v) is 4.61. The van der Waals surface area contributed by atoms with E-state index in [9.17, 15) is 0 Å². The van der Waals surface area contributed by atoms with Crippen molar-refractivity contribution in [3.63, 3.8) is 0 Å². The van der Waals surface area contributed by atoms with E-state index in [4.69, 9.17) is 19.9 Å². The van der Waals surface area contributed by atoms with Gasteiger partial charge in [-0.3, -0.25) is 4.98 Å². The average Bonchev–Trinajstić information content (AvgIpc) is 2.82. The number of ether oxygens (including phenoxy) is 3. The molecule has 2 aromatic carbocycles. The van der Waals surface area contributed by atoms with Crippen molar-refractivity contribution in [2.45, 2.75) is 19.6 Å². The lowest BCUT2D eigenvalue weighted by Gasteiger charge is -2.10. The van der Waals surface area contributed by atoms with Crippen LogP contribution >= 0.6 is 0 Å². The molecule has 162 valence electrons. The van der Waals surface area contributed by atoms with E-state index in [2.05, 4.69) is 15.3 Å². The fraction of sp³-hybridized carbons (Fsp3) is 0.250. The summed E-state index contributed by atoms with van der Waals surface area (Å²) in [6.07, 6.45) is 2.54. The first-order valence-corrected chi connectivity index (χ1v) is 10.0. The number of guanidine groups is 1. The molecule has 7 nitrogen and oxygen atoms in total.